The molecule has 3 aromatic rings. The van der Waals surface area contributed by atoms with Gasteiger partial charge in [-0.1, -0.05) is 29.4 Å². The van der Waals surface area contributed by atoms with Gasteiger partial charge in [0.1, 0.15) is 11.5 Å². The van der Waals surface area contributed by atoms with E-state index >= 15 is 0 Å². The van der Waals surface area contributed by atoms with Crippen molar-refractivity contribution < 1.29 is 14.3 Å². The number of carbonyl (C=O) groups is 1. The topological polar surface area (TPSA) is 64.9 Å². The van der Waals surface area contributed by atoms with Crippen LogP contribution in [0.3, 0.4) is 0 Å². The number of nitrogens with zero attached hydrogens (tertiary/aromatic N) is 2. The highest BCUT2D eigenvalue weighted by Gasteiger charge is 2.14. The summed E-state index contributed by atoms with van der Waals surface area (Å²) in [4.78, 5) is 16.6. The van der Waals surface area contributed by atoms with E-state index < -0.39 is 0 Å². The summed E-state index contributed by atoms with van der Waals surface area (Å²) < 4.78 is 12.4. The summed E-state index contributed by atoms with van der Waals surface area (Å²) in [6.07, 6.45) is 3.68. The van der Waals surface area contributed by atoms with Gasteiger partial charge < -0.3 is 14.8 Å². The lowest BCUT2D eigenvalue weighted by molar-refractivity contribution is -0.113. The van der Waals surface area contributed by atoms with Crippen molar-refractivity contribution in [3.8, 4) is 11.5 Å². The van der Waals surface area contributed by atoms with E-state index in [0.29, 0.717) is 22.2 Å². The summed E-state index contributed by atoms with van der Waals surface area (Å²) in [7, 11) is 3.03. The van der Waals surface area contributed by atoms with Crippen molar-refractivity contribution in [2.75, 3.05) is 25.3 Å². The summed E-state index contributed by atoms with van der Waals surface area (Å²) in [5.41, 5.74) is 1.48. The van der Waals surface area contributed by atoms with Crippen LogP contribution in [0.5, 0.6) is 11.5 Å². The van der Waals surface area contributed by atoms with Crippen molar-refractivity contribution in [1.29, 1.82) is 0 Å². The minimum absolute atomic E-state index is 0.180. The number of methoxy groups -OCH3 is 2. The highest BCUT2D eigenvalue weighted by Crippen LogP contribution is 2.36. The van der Waals surface area contributed by atoms with Crippen LogP contribution in [0.2, 0.25) is 5.02 Å². The Hall–Kier alpha value is -2.38. The first kappa shape index (κ1) is 17.4. The summed E-state index contributed by atoms with van der Waals surface area (Å²) >= 11 is 7.42. The molecule has 0 atom stereocenters. The number of nitrogens with one attached hydrogen (secondary N) is 1. The fourth-order valence-corrected chi connectivity index (χ4v) is 3.30. The van der Waals surface area contributed by atoms with E-state index in [4.69, 9.17) is 21.1 Å². The van der Waals surface area contributed by atoms with Crippen molar-refractivity contribution in [2.45, 2.75) is 5.16 Å². The normalized spacial score (nSPS) is 10.7. The van der Waals surface area contributed by atoms with Gasteiger partial charge in [-0.2, -0.15) is 0 Å². The van der Waals surface area contributed by atoms with Crippen LogP contribution >= 0.6 is 23.4 Å². The van der Waals surface area contributed by atoms with E-state index in [1.54, 1.807) is 18.3 Å². The van der Waals surface area contributed by atoms with E-state index in [2.05, 4.69) is 10.3 Å². The molecule has 8 heteroatoms. The van der Waals surface area contributed by atoms with Gasteiger partial charge in [-0.05, 0) is 12.1 Å². The highest BCUT2D eigenvalue weighted by atomic mass is 35.5. The second-order valence-electron chi connectivity index (χ2n) is 5.06. The molecule has 0 aliphatic heterocycles. The SMILES string of the molecule is COc1cc(NC(=O)CSc2ncc3ccccn23)c(OC)cc1Cl. The number of ether oxygens (including phenoxy) is 2. The van der Waals surface area contributed by atoms with E-state index in [-0.39, 0.29) is 11.7 Å². The number of amides is 1. The van der Waals surface area contributed by atoms with Crippen molar-refractivity contribution in [2.24, 2.45) is 0 Å². The Balaban J connectivity index is 1.70. The molecule has 0 unspecified atom stereocenters. The van der Waals surface area contributed by atoms with Crippen LogP contribution in [0.15, 0.2) is 47.9 Å². The number of hydrogen-bond donors (Lipinski definition) is 1. The Morgan fingerprint density at radius 1 is 1.28 bits per heavy atom. The molecule has 1 aromatic carbocycles. The standard InChI is InChI=1S/C17H16ClN3O3S/c1-23-14-8-13(15(24-2)7-12(14)18)20-16(22)10-25-17-19-9-11-5-3-4-6-21(11)17/h3-9H,10H2,1-2H3,(H,20,22). The molecule has 2 heterocycles. The van der Waals surface area contributed by atoms with E-state index in [9.17, 15) is 4.79 Å². The monoisotopic (exact) mass is 377 g/mol. The third-order valence-corrected chi connectivity index (χ3v) is 4.75. The van der Waals surface area contributed by atoms with Gasteiger partial charge in [-0.25, -0.2) is 4.98 Å². The molecular formula is C17H16ClN3O3S. The summed E-state index contributed by atoms with van der Waals surface area (Å²) in [6.45, 7) is 0. The molecular weight excluding hydrogens is 362 g/mol. The van der Waals surface area contributed by atoms with Crippen LogP contribution in [-0.2, 0) is 4.79 Å². The maximum absolute atomic E-state index is 12.3. The number of fused-ring (bicyclic) bond motifs is 1. The Labute approximate surface area is 154 Å². The zero-order chi connectivity index (χ0) is 17.8. The molecule has 0 bridgehead atoms. The quantitative estimate of drug-likeness (QED) is 0.663. The molecule has 0 aliphatic carbocycles. The predicted octanol–water partition coefficient (Wildman–Crippen LogP) is 3.74. The minimum Gasteiger partial charge on any atom is -0.495 e. The van der Waals surface area contributed by atoms with E-state index in [1.807, 2.05) is 28.8 Å². The number of aromatic nitrogens is 2. The first-order valence-corrected chi connectivity index (χ1v) is 8.75. The molecule has 2 aromatic heterocycles. The van der Waals surface area contributed by atoms with Crippen LogP contribution < -0.4 is 14.8 Å². The molecule has 0 spiro atoms. The number of halogens is 1. The van der Waals surface area contributed by atoms with Gasteiger partial charge in [0.05, 0.1) is 42.4 Å². The fourth-order valence-electron chi connectivity index (χ4n) is 2.30. The first-order valence-electron chi connectivity index (χ1n) is 7.38. The van der Waals surface area contributed by atoms with Gasteiger partial charge >= 0.3 is 0 Å². The van der Waals surface area contributed by atoms with Gasteiger partial charge in [0.25, 0.3) is 0 Å². The number of carbonyl (C=O) groups excluding carboxylic acids is 1. The molecule has 3 rings (SSSR count). The van der Waals surface area contributed by atoms with Crippen LogP contribution in [0.25, 0.3) is 5.52 Å². The fraction of sp³-hybridized carbons (Fsp3) is 0.176. The average molecular weight is 378 g/mol. The smallest absolute Gasteiger partial charge is 0.234 e. The zero-order valence-corrected chi connectivity index (χ0v) is 15.2. The second kappa shape index (κ2) is 7.67. The number of rotatable bonds is 6. The molecule has 25 heavy (non-hydrogen) atoms. The number of pyridine rings is 1. The van der Waals surface area contributed by atoms with Crippen LogP contribution in [-0.4, -0.2) is 35.3 Å². The summed E-state index contributed by atoms with van der Waals surface area (Å²) in [5, 5.41) is 3.98. The Kier molecular flexibility index (Phi) is 5.35. The van der Waals surface area contributed by atoms with E-state index in [1.165, 1.54) is 26.0 Å². The van der Waals surface area contributed by atoms with Gasteiger partial charge in [-0.15, -0.1) is 0 Å². The molecule has 0 fully saturated rings. The zero-order valence-electron chi connectivity index (χ0n) is 13.7. The molecule has 0 aliphatic rings. The molecule has 1 amide bonds. The molecule has 0 radical (unpaired) electrons. The predicted molar refractivity (Wildman–Crippen MR) is 99.1 cm³/mol. The highest BCUT2D eigenvalue weighted by molar-refractivity contribution is 7.99. The van der Waals surface area contributed by atoms with Crippen LogP contribution in [0.1, 0.15) is 0 Å². The molecule has 0 saturated carbocycles. The lowest BCUT2D eigenvalue weighted by Crippen LogP contribution is -2.15. The van der Waals surface area contributed by atoms with Gasteiger partial charge in [0.2, 0.25) is 5.91 Å². The number of benzene rings is 1. The molecule has 6 nitrogen and oxygen atoms in total. The van der Waals surface area contributed by atoms with Gasteiger partial charge in [0, 0.05) is 18.3 Å². The van der Waals surface area contributed by atoms with Crippen molar-refractivity contribution in [1.82, 2.24) is 9.38 Å². The Morgan fingerprint density at radius 3 is 2.84 bits per heavy atom. The average Bonchev–Trinajstić information content (AvgIpc) is 3.04. The molecule has 1 N–H and O–H groups in total. The number of thioether (sulfide) groups is 1. The maximum atomic E-state index is 12.3. The van der Waals surface area contributed by atoms with Crippen LogP contribution in [0, 0.1) is 0 Å². The van der Waals surface area contributed by atoms with Crippen molar-refractivity contribution in [3.63, 3.8) is 0 Å². The summed E-state index contributed by atoms with van der Waals surface area (Å²) in [5.74, 6) is 0.961. The van der Waals surface area contributed by atoms with Crippen LogP contribution in [0.4, 0.5) is 5.69 Å². The molecule has 0 saturated heterocycles. The Bertz CT molecular complexity index is 913. The first-order chi connectivity index (χ1) is 12.1. The largest absolute Gasteiger partial charge is 0.495 e. The van der Waals surface area contributed by atoms with E-state index in [0.717, 1.165) is 10.7 Å². The third kappa shape index (κ3) is 3.83. The second-order valence-corrected chi connectivity index (χ2v) is 6.41. The van der Waals surface area contributed by atoms with Gasteiger partial charge in [0.15, 0.2) is 5.16 Å². The minimum atomic E-state index is -0.180. The maximum Gasteiger partial charge on any atom is 0.234 e. The number of anilines is 1. The number of hydrogen-bond acceptors (Lipinski definition) is 5. The summed E-state index contributed by atoms with van der Waals surface area (Å²) in [6, 6.07) is 9.06. The third-order valence-electron chi connectivity index (χ3n) is 3.49. The van der Waals surface area contributed by atoms with Crippen molar-refractivity contribution in [3.05, 3.63) is 47.7 Å². The Morgan fingerprint density at radius 2 is 2.08 bits per heavy atom. The molecule has 130 valence electrons. The van der Waals surface area contributed by atoms with Crippen molar-refractivity contribution >= 4 is 40.5 Å². The van der Waals surface area contributed by atoms with Gasteiger partial charge in [-0.3, -0.25) is 9.20 Å². The lowest BCUT2D eigenvalue weighted by Gasteiger charge is -2.13. The number of imidazole rings is 1. The lowest BCUT2D eigenvalue weighted by atomic mass is 10.2.